The van der Waals surface area contributed by atoms with Gasteiger partial charge in [-0.25, -0.2) is 0 Å². The van der Waals surface area contributed by atoms with E-state index in [4.69, 9.17) is 9.47 Å². The molecule has 0 amide bonds. The van der Waals surface area contributed by atoms with E-state index in [1.54, 1.807) is 0 Å². The fourth-order valence-corrected chi connectivity index (χ4v) is 3.71. The van der Waals surface area contributed by atoms with Gasteiger partial charge in [-0.1, -0.05) is 72.8 Å². The van der Waals surface area contributed by atoms with Crippen LogP contribution < -0.4 is 0 Å². The number of hydrogen-bond acceptors (Lipinski definition) is 2. The van der Waals surface area contributed by atoms with Crippen LogP contribution >= 0.6 is 0 Å². The van der Waals surface area contributed by atoms with E-state index in [0.717, 1.165) is 11.1 Å². The van der Waals surface area contributed by atoms with Gasteiger partial charge >= 0.3 is 0 Å². The average molecular weight is 300 g/mol. The molecule has 23 heavy (non-hydrogen) atoms. The van der Waals surface area contributed by atoms with Crippen LogP contribution in [0, 0.1) is 0 Å². The highest BCUT2D eigenvalue weighted by Crippen LogP contribution is 2.51. The summed E-state index contributed by atoms with van der Waals surface area (Å²) >= 11 is 0. The van der Waals surface area contributed by atoms with Crippen LogP contribution in [0.1, 0.15) is 22.3 Å². The summed E-state index contributed by atoms with van der Waals surface area (Å²) in [5, 5.41) is 0. The van der Waals surface area contributed by atoms with Crippen molar-refractivity contribution in [1.82, 2.24) is 0 Å². The fourth-order valence-electron chi connectivity index (χ4n) is 3.71. The molecule has 5 rings (SSSR count). The van der Waals surface area contributed by atoms with Gasteiger partial charge in [-0.3, -0.25) is 0 Å². The first-order chi connectivity index (χ1) is 11.4. The minimum absolute atomic E-state index is 0.554. The average Bonchev–Trinajstić information content (AvgIpc) is 2.76. The molecule has 0 saturated heterocycles. The third kappa shape index (κ3) is 1.76. The summed E-state index contributed by atoms with van der Waals surface area (Å²) < 4.78 is 12.8. The van der Waals surface area contributed by atoms with Gasteiger partial charge in [-0.05, 0) is 22.3 Å². The van der Waals surface area contributed by atoms with E-state index in [-0.39, 0.29) is 0 Å². The molecule has 2 nitrogen and oxygen atoms in total. The van der Waals surface area contributed by atoms with Crippen molar-refractivity contribution in [2.24, 2.45) is 0 Å². The van der Waals surface area contributed by atoms with Gasteiger partial charge in [0.25, 0.3) is 0 Å². The zero-order chi connectivity index (χ0) is 15.3. The smallest absolute Gasteiger partial charge is 0.224 e. The summed E-state index contributed by atoms with van der Waals surface area (Å²) in [6, 6.07) is 25.1. The van der Waals surface area contributed by atoms with Crippen molar-refractivity contribution in [2.75, 3.05) is 0 Å². The van der Waals surface area contributed by atoms with E-state index >= 15 is 0 Å². The van der Waals surface area contributed by atoms with Crippen LogP contribution in [0.25, 0.3) is 11.1 Å². The van der Waals surface area contributed by atoms with E-state index in [9.17, 15) is 0 Å². The molecule has 0 radical (unpaired) electrons. The Bertz CT molecular complexity index is 823. The van der Waals surface area contributed by atoms with Gasteiger partial charge < -0.3 is 9.47 Å². The minimum atomic E-state index is -0.799. The summed E-state index contributed by atoms with van der Waals surface area (Å²) in [6.07, 6.45) is 0. The van der Waals surface area contributed by atoms with Crippen LogP contribution in [0.15, 0.2) is 72.8 Å². The molecule has 1 aliphatic heterocycles. The summed E-state index contributed by atoms with van der Waals surface area (Å²) in [7, 11) is 0. The minimum Gasteiger partial charge on any atom is -0.337 e. The highest BCUT2D eigenvalue weighted by molar-refractivity contribution is 5.79. The van der Waals surface area contributed by atoms with Crippen LogP contribution in [-0.4, -0.2) is 0 Å². The van der Waals surface area contributed by atoms with Gasteiger partial charge in [0.1, 0.15) is 0 Å². The van der Waals surface area contributed by atoms with E-state index in [1.807, 2.05) is 0 Å². The van der Waals surface area contributed by atoms with Crippen LogP contribution in [0.4, 0.5) is 0 Å². The van der Waals surface area contributed by atoms with E-state index in [0.29, 0.717) is 13.2 Å². The Kier molecular flexibility index (Phi) is 2.72. The van der Waals surface area contributed by atoms with Crippen molar-refractivity contribution in [1.29, 1.82) is 0 Å². The predicted molar refractivity (Wildman–Crippen MR) is 88.7 cm³/mol. The quantitative estimate of drug-likeness (QED) is 0.603. The molecule has 2 aliphatic rings. The Balaban J connectivity index is 1.71. The molecule has 0 fully saturated rings. The van der Waals surface area contributed by atoms with Crippen molar-refractivity contribution in [3.8, 4) is 11.1 Å². The molecule has 0 bridgehead atoms. The molecule has 0 aromatic heterocycles. The first-order valence-electron chi connectivity index (χ1n) is 7.92. The van der Waals surface area contributed by atoms with E-state index in [2.05, 4.69) is 72.8 Å². The van der Waals surface area contributed by atoms with Crippen molar-refractivity contribution in [3.05, 3.63) is 95.1 Å². The van der Waals surface area contributed by atoms with E-state index in [1.165, 1.54) is 22.3 Å². The normalized spacial score (nSPS) is 17.2. The highest BCUT2D eigenvalue weighted by atomic mass is 16.7. The van der Waals surface area contributed by atoms with Gasteiger partial charge in [0.05, 0.1) is 13.2 Å². The van der Waals surface area contributed by atoms with Crippen molar-refractivity contribution < 1.29 is 9.47 Å². The zero-order valence-electron chi connectivity index (χ0n) is 12.7. The highest BCUT2D eigenvalue weighted by Gasteiger charge is 2.46. The Morgan fingerprint density at radius 3 is 1.52 bits per heavy atom. The molecular weight excluding hydrogens is 284 g/mol. The Morgan fingerprint density at radius 1 is 0.565 bits per heavy atom. The maximum atomic E-state index is 6.41. The largest absolute Gasteiger partial charge is 0.337 e. The van der Waals surface area contributed by atoms with Gasteiger partial charge in [0.2, 0.25) is 5.79 Å². The molecule has 2 heteroatoms. The number of fused-ring (bicyclic) bond motifs is 6. The maximum Gasteiger partial charge on any atom is 0.224 e. The molecule has 3 aromatic carbocycles. The standard InChI is InChI=1S/C21H16O2/c1-2-8-16-14-23-21(22-13-15(16)7-1)19-11-5-3-9-17(19)18-10-4-6-12-20(18)21/h1-12H,13-14H2. The first kappa shape index (κ1) is 13.1. The zero-order valence-corrected chi connectivity index (χ0v) is 12.7. The van der Waals surface area contributed by atoms with E-state index < -0.39 is 5.79 Å². The molecule has 0 saturated carbocycles. The third-order valence-corrected chi connectivity index (χ3v) is 4.83. The molecule has 1 aliphatic carbocycles. The fraction of sp³-hybridized carbons (Fsp3) is 0.143. The number of ether oxygens (including phenoxy) is 2. The van der Waals surface area contributed by atoms with Crippen molar-refractivity contribution in [2.45, 2.75) is 19.0 Å². The van der Waals surface area contributed by atoms with Gasteiger partial charge in [0, 0.05) is 11.1 Å². The lowest BCUT2D eigenvalue weighted by molar-refractivity contribution is -0.222. The molecule has 1 heterocycles. The van der Waals surface area contributed by atoms with Crippen LogP contribution in [0.3, 0.4) is 0 Å². The van der Waals surface area contributed by atoms with Crippen LogP contribution in [0.5, 0.6) is 0 Å². The molecule has 1 spiro atoms. The predicted octanol–water partition coefficient (Wildman–Crippen LogP) is 4.62. The Hall–Kier alpha value is -2.42. The lowest BCUT2D eigenvalue weighted by Gasteiger charge is -2.30. The molecule has 3 aromatic rings. The lowest BCUT2D eigenvalue weighted by atomic mass is 10.0. The molecule has 0 N–H and O–H groups in total. The summed E-state index contributed by atoms with van der Waals surface area (Å²) in [5.74, 6) is -0.799. The van der Waals surface area contributed by atoms with Crippen LogP contribution in [0.2, 0.25) is 0 Å². The second-order valence-electron chi connectivity index (χ2n) is 6.05. The third-order valence-electron chi connectivity index (χ3n) is 4.83. The Labute approximate surface area is 135 Å². The number of hydrogen-bond donors (Lipinski definition) is 0. The van der Waals surface area contributed by atoms with Gasteiger partial charge in [-0.15, -0.1) is 0 Å². The molecule has 0 unspecified atom stereocenters. The molecule has 0 atom stereocenters. The van der Waals surface area contributed by atoms with Crippen molar-refractivity contribution >= 4 is 0 Å². The second-order valence-corrected chi connectivity index (χ2v) is 6.05. The second kappa shape index (κ2) is 4.79. The van der Waals surface area contributed by atoms with Gasteiger partial charge in [-0.2, -0.15) is 0 Å². The topological polar surface area (TPSA) is 18.5 Å². The van der Waals surface area contributed by atoms with Crippen molar-refractivity contribution in [3.63, 3.8) is 0 Å². The first-order valence-corrected chi connectivity index (χ1v) is 7.92. The summed E-state index contributed by atoms with van der Waals surface area (Å²) in [6.45, 7) is 1.11. The summed E-state index contributed by atoms with van der Waals surface area (Å²) in [5.41, 5.74) is 7.02. The molecule has 112 valence electrons. The Morgan fingerprint density at radius 2 is 1.00 bits per heavy atom. The maximum absolute atomic E-state index is 6.41. The number of rotatable bonds is 0. The van der Waals surface area contributed by atoms with Crippen LogP contribution in [-0.2, 0) is 28.5 Å². The van der Waals surface area contributed by atoms with Gasteiger partial charge in [0.15, 0.2) is 0 Å². The number of benzene rings is 3. The summed E-state index contributed by atoms with van der Waals surface area (Å²) in [4.78, 5) is 0. The lowest BCUT2D eigenvalue weighted by Crippen LogP contribution is -2.30. The SMILES string of the molecule is c1ccc2c(c1)COC1(OC2)c2ccccc2-c2ccccc21. The molecular formula is C21H16O2. The monoisotopic (exact) mass is 300 g/mol.